The average molecular weight is 400 g/mol. The second-order valence-electron chi connectivity index (χ2n) is 5.47. The van der Waals surface area contributed by atoms with Gasteiger partial charge in [0, 0.05) is 5.02 Å². The van der Waals surface area contributed by atoms with E-state index in [2.05, 4.69) is 10.5 Å². The Morgan fingerprint density at radius 3 is 2.48 bits per heavy atom. The van der Waals surface area contributed by atoms with Crippen LogP contribution >= 0.6 is 34.8 Å². The van der Waals surface area contributed by atoms with Crippen molar-refractivity contribution >= 4 is 46.4 Å². The summed E-state index contributed by atoms with van der Waals surface area (Å²) in [6.07, 6.45) is -0.717. The lowest BCUT2D eigenvalue weighted by molar-refractivity contribution is -0.127. The molecule has 0 aromatic heterocycles. The fraction of sp³-hybridized carbons (Fsp3) is 0.222. The third-order valence-electron chi connectivity index (χ3n) is 3.48. The van der Waals surface area contributed by atoms with Crippen molar-refractivity contribution in [2.75, 3.05) is 0 Å². The molecular weight excluding hydrogens is 383 g/mol. The van der Waals surface area contributed by atoms with Gasteiger partial charge in [0.05, 0.1) is 15.8 Å². The summed E-state index contributed by atoms with van der Waals surface area (Å²) >= 11 is 17.8. The highest BCUT2D eigenvalue weighted by Gasteiger charge is 2.15. The van der Waals surface area contributed by atoms with Gasteiger partial charge in [0.2, 0.25) is 0 Å². The number of nitrogens with zero attached hydrogens (tertiary/aromatic N) is 1. The molecule has 1 N–H and O–H groups in total. The van der Waals surface area contributed by atoms with Crippen molar-refractivity contribution in [2.45, 2.75) is 26.9 Å². The van der Waals surface area contributed by atoms with Crippen molar-refractivity contribution in [3.63, 3.8) is 0 Å². The van der Waals surface area contributed by atoms with Crippen molar-refractivity contribution in [3.8, 4) is 5.75 Å². The van der Waals surface area contributed by atoms with Crippen LogP contribution in [-0.2, 0) is 4.79 Å². The van der Waals surface area contributed by atoms with E-state index in [1.807, 2.05) is 6.92 Å². The van der Waals surface area contributed by atoms with Crippen LogP contribution in [0, 0.1) is 6.92 Å². The summed E-state index contributed by atoms with van der Waals surface area (Å²) in [7, 11) is 0. The van der Waals surface area contributed by atoms with Crippen molar-refractivity contribution in [3.05, 3.63) is 62.6 Å². The highest BCUT2D eigenvalue weighted by molar-refractivity contribution is 6.42. The zero-order chi connectivity index (χ0) is 18.6. The van der Waals surface area contributed by atoms with Gasteiger partial charge in [0.15, 0.2) is 6.10 Å². The van der Waals surface area contributed by atoms with Crippen LogP contribution in [0.2, 0.25) is 15.1 Å². The van der Waals surface area contributed by atoms with Crippen molar-refractivity contribution in [2.24, 2.45) is 5.10 Å². The van der Waals surface area contributed by atoms with Gasteiger partial charge in [-0.25, -0.2) is 5.43 Å². The monoisotopic (exact) mass is 398 g/mol. The number of halogens is 3. The average Bonchev–Trinajstić information content (AvgIpc) is 2.57. The molecule has 0 heterocycles. The Balaban J connectivity index is 2.01. The Kier molecular flexibility index (Phi) is 6.71. The Bertz CT molecular complexity index is 822. The van der Waals surface area contributed by atoms with E-state index in [4.69, 9.17) is 39.5 Å². The largest absolute Gasteiger partial charge is 0.481 e. The van der Waals surface area contributed by atoms with Crippen molar-refractivity contribution < 1.29 is 9.53 Å². The fourth-order valence-electron chi connectivity index (χ4n) is 2.00. The first-order chi connectivity index (χ1) is 11.8. The number of benzene rings is 2. The molecule has 2 aromatic rings. The molecule has 25 heavy (non-hydrogen) atoms. The number of nitrogens with one attached hydrogen (secondary N) is 1. The number of carbonyl (C=O) groups is 1. The molecule has 0 aliphatic heterocycles. The van der Waals surface area contributed by atoms with Crippen molar-refractivity contribution in [1.29, 1.82) is 0 Å². The third kappa shape index (κ3) is 5.36. The van der Waals surface area contributed by atoms with E-state index < -0.39 is 6.10 Å². The number of aryl methyl sites for hydroxylation is 1. The van der Waals surface area contributed by atoms with Crippen LogP contribution < -0.4 is 10.2 Å². The third-order valence-corrected chi connectivity index (χ3v) is 4.46. The van der Waals surface area contributed by atoms with E-state index in [0.29, 0.717) is 26.5 Å². The van der Waals surface area contributed by atoms with Gasteiger partial charge in [0.1, 0.15) is 5.75 Å². The summed E-state index contributed by atoms with van der Waals surface area (Å²) in [6, 6.07) is 10.3. The van der Waals surface area contributed by atoms with Gasteiger partial charge in [0.25, 0.3) is 5.91 Å². The van der Waals surface area contributed by atoms with Gasteiger partial charge < -0.3 is 4.74 Å². The molecular formula is C18H17Cl3N2O2. The summed E-state index contributed by atoms with van der Waals surface area (Å²) in [6.45, 7) is 5.26. The minimum absolute atomic E-state index is 0.367. The zero-order valence-electron chi connectivity index (χ0n) is 13.9. The van der Waals surface area contributed by atoms with Gasteiger partial charge in [-0.05, 0) is 62.2 Å². The van der Waals surface area contributed by atoms with Crippen LogP contribution in [0.5, 0.6) is 5.75 Å². The van der Waals surface area contributed by atoms with E-state index >= 15 is 0 Å². The molecule has 2 rings (SSSR count). The van der Waals surface area contributed by atoms with Gasteiger partial charge in [-0.15, -0.1) is 0 Å². The summed E-state index contributed by atoms with van der Waals surface area (Å²) in [5.41, 5.74) is 4.70. The first-order valence-corrected chi connectivity index (χ1v) is 8.63. The second kappa shape index (κ2) is 8.56. The summed E-state index contributed by atoms with van der Waals surface area (Å²) in [4.78, 5) is 12.2. The van der Waals surface area contributed by atoms with Crippen molar-refractivity contribution in [1.82, 2.24) is 5.43 Å². The predicted molar refractivity (Wildman–Crippen MR) is 103 cm³/mol. The number of amides is 1. The molecule has 0 saturated heterocycles. The minimum Gasteiger partial charge on any atom is -0.481 e. The Labute approximate surface area is 161 Å². The van der Waals surface area contributed by atoms with Gasteiger partial charge >= 0.3 is 0 Å². The SMILES string of the molecule is CC(=NNC(=O)C(C)Oc1ccc(Cl)cc1C)c1ccc(Cl)c(Cl)c1. The Morgan fingerprint density at radius 1 is 1.12 bits per heavy atom. The Hall–Kier alpha value is -1.75. The molecule has 7 heteroatoms. The fourth-order valence-corrected chi connectivity index (χ4v) is 2.53. The second-order valence-corrected chi connectivity index (χ2v) is 6.72. The Morgan fingerprint density at radius 2 is 1.84 bits per heavy atom. The van der Waals surface area contributed by atoms with Crippen LogP contribution in [0.15, 0.2) is 41.5 Å². The van der Waals surface area contributed by atoms with Crippen LogP contribution in [-0.4, -0.2) is 17.7 Å². The number of rotatable bonds is 5. The lowest BCUT2D eigenvalue weighted by atomic mass is 10.1. The quantitative estimate of drug-likeness (QED) is 0.550. The highest BCUT2D eigenvalue weighted by atomic mass is 35.5. The number of hydrogen-bond acceptors (Lipinski definition) is 3. The molecule has 4 nitrogen and oxygen atoms in total. The number of hydrogen-bond donors (Lipinski definition) is 1. The molecule has 0 saturated carbocycles. The minimum atomic E-state index is -0.717. The summed E-state index contributed by atoms with van der Waals surface area (Å²) < 4.78 is 5.66. The number of carbonyl (C=O) groups excluding carboxylic acids is 1. The van der Waals surface area contributed by atoms with Gasteiger partial charge in [-0.1, -0.05) is 40.9 Å². The maximum Gasteiger partial charge on any atom is 0.280 e. The van der Waals surface area contributed by atoms with Crippen LogP contribution in [0.25, 0.3) is 0 Å². The molecule has 0 spiro atoms. The lowest BCUT2D eigenvalue weighted by Gasteiger charge is -2.15. The highest BCUT2D eigenvalue weighted by Crippen LogP contribution is 2.23. The van der Waals surface area contributed by atoms with Crippen LogP contribution in [0.1, 0.15) is 25.0 Å². The van der Waals surface area contributed by atoms with E-state index in [0.717, 1.165) is 11.1 Å². The van der Waals surface area contributed by atoms with E-state index in [1.54, 1.807) is 50.2 Å². The molecule has 0 aliphatic carbocycles. The maximum absolute atomic E-state index is 12.2. The van der Waals surface area contributed by atoms with Crippen LogP contribution in [0.3, 0.4) is 0 Å². The van der Waals surface area contributed by atoms with Crippen LogP contribution in [0.4, 0.5) is 0 Å². The van der Waals surface area contributed by atoms with Gasteiger partial charge in [-0.2, -0.15) is 5.10 Å². The molecule has 132 valence electrons. The van der Waals surface area contributed by atoms with E-state index in [-0.39, 0.29) is 5.91 Å². The summed E-state index contributed by atoms with van der Waals surface area (Å²) in [5.74, 6) is 0.228. The molecule has 0 aliphatic rings. The summed E-state index contributed by atoms with van der Waals surface area (Å²) in [5, 5.41) is 5.58. The molecule has 2 aromatic carbocycles. The number of hydrazone groups is 1. The lowest BCUT2D eigenvalue weighted by Crippen LogP contribution is -2.34. The molecule has 1 atom stereocenters. The normalized spacial score (nSPS) is 12.6. The first-order valence-electron chi connectivity index (χ1n) is 7.50. The molecule has 1 unspecified atom stereocenters. The zero-order valence-corrected chi connectivity index (χ0v) is 16.2. The molecule has 1 amide bonds. The van der Waals surface area contributed by atoms with Gasteiger partial charge in [-0.3, -0.25) is 4.79 Å². The van der Waals surface area contributed by atoms with E-state index in [9.17, 15) is 4.79 Å². The molecule has 0 radical (unpaired) electrons. The van der Waals surface area contributed by atoms with E-state index in [1.165, 1.54) is 0 Å². The molecule has 0 bridgehead atoms. The standard InChI is InChI=1S/C18H17Cl3N2O2/c1-10-8-14(19)5-7-17(10)25-12(3)18(24)23-22-11(2)13-4-6-15(20)16(21)9-13/h4-9,12H,1-3H3,(H,23,24). The number of ether oxygens (including phenoxy) is 1. The predicted octanol–water partition coefficient (Wildman–Crippen LogP) is 5.26. The maximum atomic E-state index is 12.2. The molecule has 0 fully saturated rings. The smallest absolute Gasteiger partial charge is 0.280 e. The topological polar surface area (TPSA) is 50.7 Å². The first kappa shape index (κ1) is 19.6.